The topological polar surface area (TPSA) is 42.5 Å². The minimum absolute atomic E-state index is 0.0578. The van der Waals surface area contributed by atoms with Gasteiger partial charge < -0.3 is 19.5 Å². The lowest BCUT2D eigenvalue weighted by Gasteiger charge is -2.42. The van der Waals surface area contributed by atoms with E-state index >= 15 is 0 Å². The summed E-state index contributed by atoms with van der Waals surface area (Å²) in [4.78, 5) is 0. The minimum Gasteiger partial charge on any atom is -0.408 e. The first-order chi connectivity index (χ1) is 24.1. The Morgan fingerprint density at radius 3 is 0.980 bits per heavy atom. The zero-order chi connectivity index (χ0) is 37.1. The van der Waals surface area contributed by atoms with Crippen molar-refractivity contribution >= 4 is 16.6 Å². The number of hydrogen-bond acceptors (Lipinski definition) is 4. The molecule has 0 aromatic heterocycles. The predicted octanol–water partition coefficient (Wildman–Crippen LogP) is 12.3. The first-order valence-corrected chi connectivity index (χ1v) is 24.9. The van der Waals surface area contributed by atoms with Gasteiger partial charge in [-0.25, -0.2) is 0 Å². The van der Waals surface area contributed by atoms with E-state index in [2.05, 4.69) is 200 Å². The van der Waals surface area contributed by atoms with Gasteiger partial charge in [-0.1, -0.05) is 169 Å². The molecule has 0 saturated heterocycles. The average molecular weight is 723 g/mol. The maximum Gasteiger partial charge on any atom is 0.193 e. The highest BCUT2D eigenvalue weighted by Crippen LogP contribution is 2.44. The summed E-state index contributed by atoms with van der Waals surface area (Å²) in [7, 11) is -4.13. The van der Waals surface area contributed by atoms with Crippen molar-refractivity contribution in [2.45, 2.75) is 121 Å². The highest BCUT2D eigenvalue weighted by molar-refractivity contribution is 6.74. The van der Waals surface area contributed by atoms with Crippen LogP contribution in [0.1, 0.15) is 107 Å². The van der Waals surface area contributed by atoms with Gasteiger partial charge in [0.2, 0.25) is 0 Å². The SMILES string of the molecule is CC(C)(C)[Si](C)(C)O[C@H](c1ccccc1)[C@@H](NCCCCCN[C@@H](c1ccccc1)[C@H](O[Si](C)(C)C(C)(C)C)c1ccccc1)c1ccccc1. The van der Waals surface area contributed by atoms with Gasteiger partial charge in [0.15, 0.2) is 16.6 Å². The van der Waals surface area contributed by atoms with Crippen molar-refractivity contribution in [3.63, 3.8) is 0 Å². The molecule has 0 spiro atoms. The van der Waals surface area contributed by atoms with E-state index in [1.165, 1.54) is 22.3 Å². The number of hydrogen-bond donors (Lipinski definition) is 2. The van der Waals surface area contributed by atoms with Crippen LogP contribution in [0.15, 0.2) is 121 Å². The summed E-state index contributed by atoms with van der Waals surface area (Å²) in [5.41, 5.74) is 5.00. The second kappa shape index (κ2) is 18.3. The molecule has 0 amide bonds. The number of nitrogens with one attached hydrogen (secondary N) is 2. The molecule has 4 atom stereocenters. The van der Waals surface area contributed by atoms with Crippen molar-refractivity contribution in [2.75, 3.05) is 13.1 Å². The molecule has 276 valence electrons. The van der Waals surface area contributed by atoms with Gasteiger partial charge in [-0.2, -0.15) is 0 Å². The van der Waals surface area contributed by atoms with Gasteiger partial charge in [0.05, 0.1) is 24.3 Å². The van der Waals surface area contributed by atoms with E-state index in [1.54, 1.807) is 0 Å². The van der Waals surface area contributed by atoms with Crippen LogP contribution in [0.25, 0.3) is 0 Å². The molecule has 6 heteroatoms. The summed E-state index contributed by atoms with van der Waals surface area (Å²) in [6, 6.07) is 43.5. The summed E-state index contributed by atoms with van der Waals surface area (Å²) in [5.74, 6) is 0. The summed E-state index contributed by atoms with van der Waals surface area (Å²) < 4.78 is 14.5. The van der Waals surface area contributed by atoms with Crippen molar-refractivity contribution in [2.24, 2.45) is 0 Å². The third-order valence-electron chi connectivity index (χ3n) is 11.2. The quantitative estimate of drug-likeness (QED) is 0.0792. The molecule has 2 N–H and O–H groups in total. The highest BCUT2D eigenvalue weighted by Gasteiger charge is 2.42. The van der Waals surface area contributed by atoms with E-state index in [-0.39, 0.29) is 34.4 Å². The zero-order valence-electron chi connectivity index (χ0n) is 33.2. The second-order valence-electron chi connectivity index (χ2n) is 17.2. The number of rotatable bonds is 18. The van der Waals surface area contributed by atoms with Crippen LogP contribution in [0.5, 0.6) is 0 Å². The van der Waals surface area contributed by atoms with E-state index < -0.39 is 16.6 Å². The molecule has 4 rings (SSSR count). The lowest BCUT2D eigenvalue weighted by molar-refractivity contribution is 0.135. The highest BCUT2D eigenvalue weighted by atomic mass is 28.4. The molecule has 0 aliphatic carbocycles. The van der Waals surface area contributed by atoms with Crippen molar-refractivity contribution in [1.82, 2.24) is 10.6 Å². The number of benzene rings is 4. The molecule has 0 heterocycles. The van der Waals surface area contributed by atoms with Gasteiger partial charge in [-0.05, 0) is 84.4 Å². The standard InChI is InChI=1S/C45H66N2O2Si2/c1-44(2,3)50(7,8)48-42(38-30-20-13-21-31-38)40(36-26-16-11-17-27-36)46-34-24-15-25-35-47-41(37-28-18-12-19-29-37)43(39-32-22-14-23-33-39)49-51(9,10)45(4,5)6/h11-14,16-23,26-33,40-43,46-47H,15,24-25,34-35H2,1-10H3/t40-,41-,42+,43+/m0/s1. The largest absolute Gasteiger partial charge is 0.408 e. The van der Waals surface area contributed by atoms with E-state index in [0.717, 1.165) is 32.4 Å². The Bertz CT molecular complexity index is 1430. The normalized spacial score (nSPS) is 15.3. The van der Waals surface area contributed by atoms with Crippen molar-refractivity contribution in [3.8, 4) is 0 Å². The molecular weight excluding hydrogens is 657 g/mol. The Morgan fingerprint density at radius 2 is 0.706 bits per heavy atom. The zero-order valence-corrected chi connectivity index (χ0v) is 35.2. The molecular formula is C45H66N2O2Si2. The van der Waals surface area contributed by atoms with Crippen LogP contribution in [0.3, 0.4) is 0 Å². The van der Waals surface area contributed by atoms with Gasteiger partial charge in [0.25, 0.3) is 0 Å². The molecule has 0 fully saturated rings. The molecule has 0 unspecified atom stereocenters. The fourth-order valence-electron chi connectivity index (χ4n) is 5.99. The third kappa shape index (κ3) is 11.6. The molecule has 0 aliphatic rings. The Labute approximate surface area is 313 Å². The molecule has 0 radical (unpaired) electrons. The Kier molecular flexibility index (Phi) is 14.7. The Hall–Kier alpha value is -2.85. The van der Waals surface area contributed by atoms with Gasteiger partial charge in [0.1, 0.15) is 0 Å². The van der Waals surface area contributed by atoms with Crippen molar-refractivity contribution < 1.29 is 8.85 Å². The van der Waals surface area contributed by atoms with Crippen LogP contribution in [0.4, 0.5) is 0 Å². The summed E-state index contributed by atoms with van der Waals surface area (Å²) in [6.45, 7) is 25.2. The van der Waals surface area contributed by atoms with Crippen LogP contribution < -0.4 is 10.6 Å². The molecule has 4 aromatic rings. The molecule has 0 saturated carbocycles. The summed E-state index contributed by atoms with van der Waals surface area (Å²) >= 11 is 0. The van der Waals surface area contributed by atoms with Crippen molar-refractivity contribution in [1.29, 1.82) is 0 Å². The van der Waals surface area contributed by atoms with Crippen LogP contribution in [0.2, 0.25) is 36.3 Å². The lowest BCUT2D eigenvalue weighted by atomic mass is 9.95. The smallest absolute Gasteiger partial charge is 0.193 e. The van der Waals surface area contributed by atoms with Crippen LogP contribution in [-0.2, 0) is 8.85 Å². The molecule has 0 aliphatic heterocycles. The van der Waals surface area contributed by atoms with E-state index in [1.807, 2.05) is 0 Å². The number of unbranched alkanes of at least 4 members (excludes halogenated alkanes) is 2. The van der Waals surface area contributed by atoms with E-state index in [0.29, 0.717) is 0 Å². The van der Waals surface area contributed by atoms with Crippen LogP contribution >= 0.6 is 0 Å². The lowest BCUT2D eigenvalue weighted by Crippen LogP contribution is -2.44. The third-order valence-corrected chi connectivity index (χ3v) is 20.1. The average Bonchev–Trinajstić information content (AvgIpc) is 3.10. The van der Waals surface area contributed by atoms with Crippen LogP contribution in [-0.4, -0.2) is 29.7 Å². The Morgan fingerprint density at radius 1 is 0.431 bits per heavy atom. The minimum atomic E-state index is -2.07. The first-order valence-electron chi connectivity index (χ1n) is 19.1. The first kappa shape index (κ1) is 40.9. The molecule has 4 nitrogen and oxygen atoms in total. The fraction of sp³-hybridized carbons (Fsp3) is 0.467. The fourth-order valence-corrected chi connectivity index (χ4v) is 8.51. The van der Waals surface area contributed by atoms with Gasteiger partial charge in [0, 0.05) is 0 Å². The summed E-state index contributed by atoms with van der Waals surface area (Å²) in [5, 5.41) is 8.17. The van der Waals surface area contributed by atoms with Gasteiger partial charge in [-0.3, -0.25) is 0 Å². The monoisotopic (exact) mass is 722 g/mol. The summed E-state index contributed by atoms with van der Waals surface area (Å²) in [6.07, 6.45) is 3.16. The van der Waals surface area contributed by atoms with E-state index in [4.69, 9.17) is 8.85 Å². The second-order valence-corrected chi connectivity index (χ2v) is 26.7. The maximum atomic E-state index is 7.24. The van der Waals surface area contributed by atoms with Gasteiger partial charge >= 0.3 is 0 Å². The maximum absolute atomic E-state index is 7.24. The predicted molar refractivity (Wildman–Crippen MR) is 223 cm³/mol. The van der Waals surface area contributed by atoms with Crippen LogP contribution in [0, 0.1) is 0 Å². The molecule has 0 bridgehead atoms. The van der Waals surface area contributed by atoms with Gasteiger partial charge in [-0.15, -0.1) is 0 Å². The van der Waals surface area contributed by atoms with Crippen molar-refractivity contribution in [3.05, 3.63) is 144 Å². The van der Waals surface area contributed by atoms with E-state index in [9.17, 15) is 0 Å². The molecule has 4 aromatic carbocycles. The molecule has 51 heavy (non-hydrogen) atoms. The Balaban J connectivity index is 1.46.